The fourth-order valence-electron chi connectivity index (χ4n) is 3.57. The molecule has 0 radical (unpaired) electrons. The van der Waals surface area contributed by atoms with Gasteiger partial charge in [-0.05, 0) is 44.7 Å². The van der Waals surface area contributed by atoms with Crippen LogP contribution < -0.4 is 5.32 Å². The summed E-state index contributed by atoms with van der Waals surface area (Å²) in [6, 6.07) is 1.97. The van der Waals surface area contributed by atoms with E-state index in [2.05, 4.69) is 33.1 Å². The van der Waals surface area contributed by atoms with Crippen molar-refractivity contribution in [3.05, 3.63) is 0 Å². The SMILES string of the molecule is CCCC[Si](C)(C)O[Si](C)(C)CCCN1C(=O)C2(C(=O)NC2=O)C1=O. The molecule has 0 aromatic carbocycles. The lowest BCUT2D eigenvalue weighted by Crippen LogP contribution is -2.83. The van der Waals surface area contributed by atoms with E-state index in [0.29, 0.717) is 6.42 Å². The van der Waals surface area contributed by atoms with Crippen LogP contribution in [0.4, 0.5) is 0 Å². The van der Waals surface area contributed by atoms with E-state index in [0.717, 1.165) is 23.4 Å². The Bertz CT molecular complexity index is 586. The Balaban J connectivity index is 1.83. The molecule has 25 heavy (non-hydrogen) atoms. The van der Waals surface area contributed by atoms with Gasteiger partial charge in [0.15, 0.2) is 16.6 Å². The van der Waals surface area contributed by atoms with E-state index >= 15 is 0 Å². The third kappa shape index (κ3) is 3.49. The molecule has 2 aliphatic heterocycles. The highest BCUT2D eigenvalue weighted by Crippen LogP contribution is 2.40. The Labute approximate surface area is 150 Å². The fourth-order valence-corrected chi connectivity index (χ4v) is 12.6. The predicted molar refractivity (Wildman–Crippen MR) is 97.5 cm³/mol. The molecule has 0 aromatic rings. The molecular formula is C16H28N2O5Si2. The number of carbonyl (C=O) groups excluding carboxylic acids is 4. The number of nitrogens with zero attached hydrogens (tertiary/aromatic N) is 1. The van der Waals surface area contributed by atoms with Crippen molar-refractivity contribution in [3.8, 4) is 0 Å². The minimum Gasteiger partial charge on any atom is -0.455 e. The molecular weight excluding hydrogens is 356 g/mol. The van der Waals surface area contributed by atoms with E-state index in [4.69, 9.17) is 4.12 Å². The van der Waals surface area contributed by atoms with Crippen LogP contribution in [0.15, 0.2) is 0 Å². The minimum absolute atomic E-state index is 0.247. The van der Waals surface area contributed by atoms with E-state index < -0.39 is 45.7 Å². The van der Waals surface area contributed by atoms with Gasteiger partial charge in [-0.2, -0.15) is 0 Å². The van der Waals surface area contributed by atoms with Crippen LogP contribution in [0.1, 0.15) is 26.2 Å². The molecule has 9 heteroatoms. The van der Waals surface area contributed by atoms with Crippen LogP contribution in [0.5, 0.6) is 0 Å². The van der Waals surface area contributed by atoms with Crippen molar-refractivity contribution in [3.63, 3.8) is 0 Å². The number of hydrogen-bond donors (Lipinski definition) is 1. The van der Waals surface area contributed by atoms with Gasteiger partial charge in [-0.1, -0.05) is 19.8 Å². The Morgan fingerprint density at radius 3 is 1.84 bits per heavy atom. The molecule has 2 aliphatic rings. The quantitative estimate of drug-likeness (QED) is 0.370. The van der Waals surface area contributed by atoms with Crippen LogP contribution in [0.25, 0.3) is 0 Å². The van der Waals surface area contributed by atoms with Crippen molar-refractivity contribution in [2.45, 2.75) is 64.5 Å². The van der Waals surface area contributed by atoms with E-state index in [1.807, 2.05) is 5.32 Å². The number of hydrogen-bond acceptors (Lipinski definition) is 5. The maximum atomic E-state index is 12.1. The smallest absolute Gasteiger partial charge is 0.284 e. The summed E-state index contributed by atoms with van der Waals surface area (Å²) in [4.78, 5) is 48.2. The van der Waals surface area contributed by atoms with Crippen LogP contribution in [0.3, 0.4) is 0 Å². The molecule has 2 heterocycles. The topological polar surface area (TPSA) is 92.8 Å². The molecule has 1 spiro atoms. The Morgan fingerprint density at radius 2 is 1.40 bits per heavy atom. The van der Waals surface area contributed by atoms with Crippen molar-refractivity contribution in [2.75, 3.05) is 6.54 Å². The zero-order chi connectivity index (χ0) is 19.0. The second-order valence-corrected chi connectivity index (χ2v) is 17.0. The second-order valence-electron chi connectivity index (χ2n) is 8.12. The number of amides is 4. The molecule has 0 aliphatic carbocycles. The van der Waals surface area contributed by atoms with Gasteiger partial charge in [0.25, 0.3) is 29.0 Å². The lowest BCUT2D eigenvalue weighted by atomic mass is 9.70. The molecule has 7 nitrogen and oxygen atoms in total. The van der Waals surface area contributed by atoms with Crippen molar-refractivity contribution in [1.82, 2.24) is 10.2 Å². The van der Waals surface area contributed by atoms with Gasteiger partial charge in [0.05, 0.1) is 0 Å². The highest BCUT2D eigenvalue weighted by Gasteiger charge is 2.76. The summed E-state index contributed by atoms with van der Waals surface area (Å²) in [7, 11) is -3.56. The summed E-state index contributed by atoms with van der Waals surface area (Å²) in [6.45, 7) is 11.2. The second kappa shape index (κ2) is 6.77. The monoisotopic (exact) mass is 384 g/mol. The summed E-state index contributed by atoms with van der Waals surface area (Å²) in [6.07, 6.45) is 2.98. The molecule has 1 N–H and O–H groups in total. The van der Waals surface area contributed by atoms with Crippen molar-refractivity contribution >= 4 is 40.3 Å². The molecule has 4 amide bonds. The third-order valence-electron chi connectivity index (χ3n) is 4.89. The Kier molecular flexibility index (Phi) is 5.41. The lowest BCUT2D eigenvalue weighted by molar-refractivity contribution is -0.188. The number of carbonyl (C=O) groups is 4. The van der Waals surface area contributed by atoms with Gasteiger partial charge in [0.2, 0.25) is 0 Å². The van der Waals surface area contributed by atoms with Crippen LogP contribution in [0, 0.1) is 5.41 Å². The van der Waals surface area contributed by atoms with E-state index in [1.165, 1.54) is 6.42 Å². The Hall–Kier alpha value is -1.33. The highest BCUT2D eigenvalue weighted by molar-refractivity contribution is 6.84. The highest BCUT2D eigenvalue weighted by atomic mass is 28.4. The minimum atomic E-state index is -2.04. The molecule has 0 bridgehead atoms. The van der Waals surface area contributed by atoms with Gasteiger partial charge in [0, 0.05) is 6.54 Å². The van der Waals surface area contributed by atoms with E-state index in [1.54, 1.807) is 0 Å². The number of β-lactam (4-membered cyclic amide) rings is 4. The van der Waals surface area contributed by atoms with Crippen molar-refractivity contribution < 1.29 is 23.3 Å². The molecule has 2 rings (SSSR count). The molecule has 2 saturated heterocycles. The van der Waals surface area contributed by atoms with Crippen molar-refractivity contribution in [1.29, 1.82) is 0 Å². The molecule has 0 saturated carbocycles. The summed E-state index contributed by atoms with van der Waals surface area (Å²) < 4.78 is 6.49. The van der Waals surface area contributed by atoms with Crippen LogP contribution in [-0.2, 0) is 23.3 Å². The summed E-state index contributed by atoms with van der Waals surface area (Å²) in [5, 5.41) is 1.95. The zero-order valence-electron chi connectivity index (χ0n) is 15.7. The number of imide groups is 2. The fraction of sp³-hybridized carbons (Fsp3) is 0.750. The first-order valence-electron chi connectivity index (χ1n) is 8.90. The van der Waals surface area contributed by atoms with Crippen LogP contribution in [0.2, 0.25) is 38.3 Å². The average Bonchev–Trinajstić information content (AvgIpc) is 2.48. The maximum absolute atomic E-state index is 12.1. The van der Waals surface area contributed by atoms with Gasteiger partial charge in [-0.3, -0.25) is 29.4 Å². The van der Waals surface area contributed by atoms with Crippen LogP contribution >= 0.6 is 0 Å². The normalized spacial score (nSPS) is 19.8. The lowest BCUT2D eigenvalue weighted by Gasteiger charge is -2.48. The first kappa shape index (κ1) is 20.0. The first-order valence-corrected chi connectivity index (χ1v) is 15.1. The number of unbranched alkanes of at least 4 members (excludes halogenated alkanes) is 1. The zero-order valence-corrected chi connectivity index (χ0v) is 17.7. The number of nitrogens with one attached hydrogen (secondary N) is 1. The standard InChI is InChI=1S/C16H28N2O5Si2/c1-6-7-10-24(2,3)23-25(4,5)11-8-9-18-14(21)16(15(18)22)12(19)17-13(16)20/h6-11H2,1-5H3,(H,17,19,20). The summed E-state index contributed by atoms with van der Waals surface area (Å²) in [5.41, 5.74) is -2.04. The van der Waals surface area contributed by atoms with Crippen LogP contribution in [-0.4, -0.2) is 51.7 Å². The van der Waals surface area contributed by atoms with Gasteiger partial charge < -0.3 is 4.12 Å². The van der Waals surface area contributed by atoms with Gasteiger partial charge in [-0.25, -0.2) is 0 Å². The summed E-state index contributed by atoms with van der Waals surface area (Å²) in [5.74, 6) is -2.93. The molecule has 2 fully saturated rings. The first-order chi connectivity index (χ1) is 11.5. The molecule has 0 atom stereocenters. The van der Waals surface area contributed by atoms with E-state index in [-0.39, 0.29) is 6.54 Å². The number of rotatable bonds is 9. The van der Waals surface area contributed by atoms with Gasteiger partial charge >= 0.3 is 0 Å². The Morgan fingerprint density at radius 1 is 0.920 bits per heavy atom. The molecule has 0 aromatic heterocycles. The molecule has 0 unspecified atom stereocenters. The summed E-state index contributed by atoms with van der Waals surface area (Å²) >= 11 is 0. The van der Waals surface area contributed by atoms with E-state index in [9.17, 15) is 19.2 Å². The van der Waals surface area contributed by atoms with Gasteiger partial charge in [-0.15, -0.1) is 0 Å². The van der Waals surface area contributed by atoms with Crippen molar-refractivity contribution in [2.24, 2.45) is 5.41 Å². The third-order valence-corrected chi connectivity index (χ3v) is 12.4. The maximum Gasteiger partial charge on any atom is 0.284 e. The average molecular weight is 385 g/mol. The largest absolute Gasteiger partial charge is 0.455 e. The predicted octanol–water partition coefficient (Wildman–Crippen LogP) is 1.61. The molecule has 140 valence electrons. The van der Waals surface area contributed by atoms with Gasteiger partial charge in [0.1, 0.15) is 0 Å². The number of likely N-dealkylation sites (tertiary alicyclic amines) is 1.